The molecule has 1 aromatic rings. The molecular weight excluding hydrogens is 214 g/mol. The molecule has 0 heterocycles. The summed E-state index contributed by atoms with van der Waals surface area (Å²) in [7, 11) is 1.67. The molecule has 3 heteroatoms. The van der Waals surface area contributed by atoms with Crippen molar-refractivity contribution in [2.24, 2.45) is 5.73 Å². The standard InChI is InChI=1S/C14H23NO2/c1-13(2,3)17-12-8-6-11(7-9-12)14(4,10-15)16-5/h6-9H,10,15H2,1-5H3. The van der Waals surface area contributed by atoms with Crippen LogP contribution in [0.15, 0.2) is 24.3 Å². The molecule has 0 spiro atoms. The van der Waals surface area contributed by atoms with Crippen LogP contribution >= 0.6 is 0 Å². The predicted molar refractivity (Wildman–Crippen MR) is 70.2 cm³/mol. The highest BCUT2D eigenvalue weighted by molar-refractivity contribution is 5.31. The fourth-order valence-corrected chi connectivity index (χ4v) is 1.55. The molecule has 1 aromatic carbocycles. The first-order valence-electron chi connectivity index (χ1n) is 5.85. The molecule has 1 atom stereocenters. The quantitative estimate of drug-likeness (QED) is 0.875. The van der Waals surface area contributed by atoms with Gasteiger partial charge in [0.05, 0.1) is 0 Å². The summed E-state index contributed by atoms with van der Waals surface area (Å²) in [6, 6.07) is 7.90. The van der Waals surface area contributed by atoms with E-state index in [0.29, 0.717) is 6.54 Å². The van der Waals surface area contributed by atoms with Gasteiger partial charge in [-0.25, -0.2) is 0 Å². The maximum atomic E-state index is 5.76. The van der Waals surface area contributed by atoms with Gasteiger partial charge in [-0.3, -0.25) is 0 Å². The summed E-state index contributed by atoms with van der Waals surface area (Å²) < 4.78 is 11.2. The second-order valence-electron chi connectivity index (χ2n) is 5.38. The molecule has 1 unspecified atom stereocenters. The first kappa shape index (κ1) is 14.0. The third kappa shape index (κ3) is 3.72. The Balaban J connectivity index is 2.88. The number of rotatable bonds is 4. The molecule has 0 radical (unpaired) electrons. The van der Waals surface area contributed by atoms with E-state index in [1.807, 2.05) is 52.0 Å². The van der Waals surface area contributed by atoms with E-state index in [0.717, 1.165) is 11.3 Å². The maximum Gasteiger partial charge on any atom is 0.120 e. The van der Waals surface area contributed by atoms with Crippen LogP contribution in [0.2, 0.25) is 0 Å². The number of hydrogen-bond acceptors (Lipinski definition) is 3. The van der Waals surface area contributed by atoms with Crippen molar-refractivity contribution in [1.29, 1.82) is 0 Å². The van der Waals surface area contributed by atoms with Crippen LogP contribution in [0.25, 0.3) is 0 Å². The normalized spacial score (nSPS) is 15.4. The number of hydrogen-bond donors (Lipinski definition) is 1. The molecule has 0 aliphatic heterocycles. The van der Waals surface area contributed by atoms with Crippen molar-refractivity contribution in [3.8, 4) is 5.75 Å². The number of benzene rings is 1. The van der Waals surface area contributed by atoms with Gasteiger partial charge in [-0.15, -0.1) is 0 Å². The zero-order chi connectivity index (χ0) is 13.1. The lowest BCUT2D eigenvalue weighted by molar-refractivity contribution is 0.00999. The molecule has 0 fully saturated rings. The van der Waals surface area contributed by atoms with Gasteiger partial charge in [0.15, 0.2) is 0 Å². The lowest BCUT2D eigenvalue weighted by Gasteiger charge is -2.27. The first-order chi connectivity index (χ1) is 7.80. The number of ether oxygens (including phenoxy) is 2. The zero-order valence-corrected chi connectivity index (χ0v) is 11.4. The SMILES string of the molecule is COC(C)(CN)c1ccc(OC(C)(C)C)cc1. The van der Waals surface area contributed by atoms with E-state index in [4.69, 9.17) is 15.2 Å². The third-order valence-corrected chi connectivity index (χ3v) is 2.73. The Hall–Kier alpha value is -1.06. The Bertz CT molecular complexity index is 347. The van der Waals surface area contributed by atoms with Crippen molar-refractivity contribution in [3.05, 3.63) is 29.8 Å². The van der Waals surface area contributed by atoms with Crippen LogP contribution in [-0.2, 0) is 10.3 Å². The lowest BCUT2D eigenvalue weighted by atomic mass is 9.96. The predicted octanol–water partition coefficient (Wildman–Crippen LogP) is 2.68. The van der Waals surface area contributed by atoms with Gasteiger partial charge < -0.3 is 15.2 Å². The highest BCUT2D eigenvalue weighted by atomic mass is 16.5. The molecule has 2 N–H and O–H groups in total. The summed E-state index contributed by atoms with van der Waals surface area (Å²) in [6.07, 6.45) is 0. The van der Waals surface area contributed by atoms with E-state index in [1.165, 1.54) is 0 Å². The summed E-state index contributed by atoms with van der Waals surface area (Å²) in [6.45, 7) is 8.51. The monoisotopic (exact) mass is 237 g/mol. The molecule has 0 bridgehead atoms. The van der Waals surface area contributed by atoms with E-state index in [9.17, 15) is 0 Å². The maximum absolute atomic E-state index is 5.76. The fraction of sp³-hybridized carbons (Fsp3) is 0.571. The van der Waals surface area contributed by atoms with Gasteiger partial charge in [0.1, 0.15) is 17.0 Å². The highest BCUT2D eigenvalue weighted by Gasteiger charge is 2.24. The Morgan fingerprint density at radius 1 is 1.06 bits per heavy atom. The van der Waals surface area contributed by atoms with Crippen LogP contribution in [0.5, 0.6) is 5.75 Å². The second-order valence-corrected chi connectivity index (χ2v) is 5.38. The first-order valence-corrected chi connectivity index (χ1v) is 5.85. The molecule has 0 aliphatic carbocycles. The minimum absolute atomic E-state index is 0.181. The van der Waals surface area contributed by atoms with Gasteiger partial charge in [0.2, 0.25) is 0 Å². The smallest absolute Gasteiger partial charge is 0.120 e. The largest absolute Gasteiger partial charge is 0.488 e. The Kier molecular flexibility index (Phi) is 4.17. The molecule has 0 amide bonds. The van der Waals surface area contributed by atoms with Crippen LogP contribution in [0.4, 0.5) is 0 Å². The molecule has 0 saturated heterocycles. The molecule has 17 heavy (non-hydrogen) atoms. The van der Waals surface area contributed by atoms with Crippen LogP contribution in [0.3, 0.4) is 0 Å². The fourth-order valence-electron chi connectivity index (χ4n) is 1.55. The van der Waals surface area contributed by atoms with Crippen LogP contribution in [-0.4, -0.2) is 19.3 Å². The minimum Gasteiger partial charge on any atom is -0.488 e. The molecule has 96 valence electrons. The summed E-state index contributed by atoms with van der Waals surface area (Å²) in [4.78, 5) is 0. The molecular formula is C14H23NO2. The van der Waals surface area contributed by atoms with E-state index in [1.54, 1.807) is 7.11 Å². The van der Waals surface area contributed by atoms with Gasteiger partial charge in [0.25, 0.3) is 0 Å². The molecule has 0 aliphatic rings. The zero-order valence-electron chi connectivity index (χ0n) is 11.4. The Morgan fingerprint density at radius 3 is 1.94 bits per heavy atom. The number of nitrogens with two attached hydrogens (primary N) is 1. The van der Waals surface area contributed by atoms with Crippen molar-refractivity contribution in [3.63, 3.8) is 0 Å². The molecule has 3 nitrogen and oxygen atoms in total. The van der Waals surface area contributed by atoms with Crippen LogP contribution in [0, 0.1) is 0 Å². The van der Waals surface area contributed by atoms with Crippen molar-refractivity contribution >= 4 is 0 Å². The van der Waals surface area contributed by atoms with Gasteiger partial charge in [-0.05, 0) is 45.4 Å². The minimum atomic E-state index is -0.430. The highest BCUT2D eigenvalue weighted by Crippen LogP contribution is 2.26. The summed E-state index contributed by atoms with van der Waals surface area (Å²) in [5.74, 6) is 0.858. The average Bonchev–Trinajstić information content (AvgIpc) is 2.27. The van der Waals surface area contributed by atoms with Crippen molar-refractivity contribution in [2.75, 3.05) is 13.7 Å². The van der Waals surface area contributed by atoms with Gasteiger partial charge >= 0.3 is 0 Å². The van der Waals surface area contributed by atoms with E-state index in [2.05, 4.69) is 0 Å². The van der Waals surface area contributed by atoms with Crippen molar-refractivity contribution in [1.82, 2.24) is 0 Å². The van der Waals surface area contributed by atoms with E-state index >= 15 is 0 Å². The van der Waals surface area contributed by atoms with Crippen molar-refractivity contribution in [2.45, 2.75) is 38.9 Å². The molecule has 0 aromatic heterocycles. The number of methoxy groups -OCH3 is 1. The van der Waals surface area contributed by atoms with Gasteiger partial charge in [-0.2, -0.15) is 0 Å². The molecule has 1 rings (SSSR count). The topological polar surface area (TPSA) is 44.5 Å². The van der Waals surface area contributed by atoms with Crippen LogP contribution < -0.4 is 10.5 Å². The Labute approximate surface area is 104 Å². The Morgan fingerprint density at radius 2 is 1.59 bits per heavy atom. The van der Waals surface area contributed by atoms with Crippen molar-refractivity contribution < 1.29 is 9.47 Å². The summed E-state index contributed by atoms with van der Waals surface area (Å²) in [5, 5.41) is 0. The van der Waals surface area contributed by atoms with Crippen LogP contribution in [0.1, 0.15) is 33.3 Å². The third-order valence-electron chi connectivity index (χ3n) is 2.73. The summed E-state index contributed by atoms with van der Waals surface area (Å²) >= 11 is 0. The summed E-state index contributed by atoms with van der Waals surface area (Å²) in [5.41, 5.74) is 6.18. The van der Waals surface area contributed by atoms with E-state index in [-0.39, 0.29) is 5.60 Å². The second kappa shape index (κ2) is 5.07. The lowest BCUT2D eigenvalue weighted by Crippen LogP contribution is -2.33. The average molecular weight is 237 g/mol. The van der Waals surface area contributed by atoms with Gasteiger partial charge in [-0.1, -0.05) is 12.1 Å². The van der Waals surface area contributed by atoms with E-state index < -0.39 is 5.60 Å². The van der Waals surface area contributed by atoms with Gasteiger partial charge in [0, 0.05) is 13.7 Å². The molecule has 0 saturated carbocycles.